The molecule has 17 heteroatoms. The van der Waals surface area contributed by atoms with E-state index in [0.29, 0.717) is 0 Å². The van der Waals surface area contributed by atoms with Gasteiger partial charge in [-0.3, -0.25) is 19.2 Å². The van der Waals surface area contributed by atoms with Crippen LogP contribution in [0.15, 0.2) is 48.1 Å². The predicted molar refractivity (Wildman–Crippen MR) is 108 cm³/mol. The van der Waals surface area contributed by atoms with Gasteiger partial charge in [0.2, 0.25) is 46.2 Å². The summed E-state index contributed by atoms with van der Waals surface area (Å²) in [5.74, 6) is -5.44. The van der Waals surface area contributed by atoms with Gasteiger partial charge in [0.25, 0.3) is 0 Å². The Balaban J connectivity index is 0.000000240. The largest absolute Gasteiger partial charge is 2.00 e. The fraction of sp³-hybridized carbons (Fsp3) is 0.333. The van der Waals surface area contributed by atoms with E-state index >= 15 is 0 Å². The molecule has 2 atom stereocenters. The fourth-order valence-corrected chi connectivity index (χ4v) is 4.37. The van der Waals surface area contributed by atoms with Crippen LogP contribution in [-0.4, -0.2) is 96.3 Å². The van der Waals surface area contributed by atoms with Gasteiger partial charge in [-0.25, -0.2) is 16.8 Å². The molecule has 0 radical (unpaired) electrons. The van der Waals surface area contributed by atoms with E-state index in [0.717, 1.165) is 38.9 Å². The van der Waals surface area contributed by atoms with Crippen molar-refractivity contribution in [2.24, 2.45) is 0 Å². The number of Topliss-reactive ketones (excluding diaryl/α,β-unsaturated/α-hetero) is 4. The van der Waals surface area contributed by atoms with Gasteiger partial charge in [0.05, 0.1) is 0 Å². The van der Waals surface area contributed by atoms with Crippen molar-refractivity contribution in [3.63, 3.8) is 0 Å². The van der Waals surface area contributed by atoms with Crippen LogP contribution >= 0.6 is 0 Å². The van der Waals surface area contributed by atoms with Crippen molar-refractivity contribution in [2.75, 3.05) is 0 Å². The quantitative estimate of drug-likeness (QED) is 0.285. The molecule has 35 heavy (non-hydrogen) atoms. The van der Waals surface area contributed by atoms with E-state index in [1.165, 1.54) is 0 Å². The first kappa shape index (κ1) is 29.2. The molecule has 0 aromatic heterocycles. The summed E-state index contributed by atoms with van der Waals surface area (Å²) in [7, 11) is -9.94. The van der Waals surface area contributed by atoms with Gasteiger partial charge in [0.15, 0.2) is 0 Å². The molecule has 0 fully saturated rings. The van der Waals surface area contributed by atoms with E-state index in [1.807, 2.05) is 0 Å². The van der Waals surface area contributed by atoms with Crippen LogP contribution in [-0.2, 0) is 58.4 Å². The Bertz CT molecular complexity index is 1250. The third-order valence-corrected chi connectivity index (χ3v) is 8.11. The molecule has 0 aromatic carbocycles. The van der Waals surface area contributed by atoms with Crippen molar-refractivity contribution in [3.05, 3.63) is 48.1 Å². The molecule has 0 bridgehead atoms. The van der Waals surface area contributed by atoms with E-state index in [4.69, 9.17) is 18.9 Å². The smallest absolute Gasteiger partial charge is 0.747 e. The van der Waals surface area contributed by atoms with Gasteiger partial charge in [-0.15, -0.1) is 0 Å². The summed E-state index contributed by atoms with van der Waals surface area (Å²) < 4.78 is 80.8. The first-order chi connectivity index (χ1) is 15.5. The van der Waals surface area contributed by atoms with Gasteiger partial charge in [-0.2, -0.15) is 0 Å². The zero-order valence-electron chi connectivity index (χ0n) is 18.0. The molecule has 2 aliphatic heterocycles. The maximum absolute atomic E-state index is 11.8. The second-order valence-corrected chi connectivity index (χ2v) is 11.2. The van der Waals surface area contributed by atoms with Crippen molar-refractivity contribution < 1.29 is 64.1 Å². The first-order valence-electron chi connectivity index (χ1n) is 9.06. The third kappa shape index (κ3) is 4.96. The van der Waals surface area contributed by atoms with Gasteiger partial charge < -0.3 is 28.1 Å². The van der Waals surface area contributed by atoms with Crippen LogP contribution in [0.3, 0.4) is 0 Å². The Labute approximate surface area is 228 Å². The zero-order valence-corrected chi connectivity index (χ0v) is 21.8. The fourth-order valence-electron chi connectivity index (χ4n) is 3.11. The molecule has 2 aliphatic carbocycles. The van der Waals surface area contributed by atoms with Crippen molar-refractivity contribution >= 4 is 81.1 Å². The molecule has 184 valence electrons. The molecule has 4 rings (SSSR count). The molecule has 0 saturated carbocycles. The maximum atomic E-state index is 11.8. The third-order valence-electron chi connectivity index (χ3n) is 5.25. The van der Waals surface area contributed by atoms with E-state index in [2.05, 4.69) is 0 Å². The Morgan fingerprint density at radius 1 is 0.629 bits per heavy atom. The molecule has 0 spiro atoms. The second-order valence-electron chi connectivity index (χ2n) is 7.56. The van der Waals surface area contributed by atoms with Crippen LogP contribution in [0.2, 0.25) is 0 Å². The minimum absolute atomic E-state index is 0. The average molecular weight is 559 g/mol. The molecule has 0 N–H and O–H groups in total. The maximum Gasteiger partial charge on any atom is 2.00 e. The number of hydrogen-bond donors (Lipinski definition) is 0. The van der Waals surface area contributed by atoms with Crippen LogP contribution in [0.5, 0.6) is 0 Å². The predicted octanol–water partition coefficient (Wildman–Crippen LogP) is -1.26. The summed E-state index contributed by atoms with van der Waals surface area (Å²) in [6.07, 6.45) is 2.55. The Hall–Kier alpha value is -2.08. The molecular weight excluding hydrogens is 544 g/mol. The molecule has 0 amide bonds. The van der Waals surface area contributed by atoms with E-state index in [1.54, 1.807) is 0 Å². The molecule has 14 nitrogen and oxygen atoms in total. The van der Waals surface area contributed by atoms with Gasteiger partial charge in [0.1, 0.15) is 54.8 Å². The monoisotopic (exact) mass is 558 g/mol. The van der Waals surface area contributed by atoms with Crippen LogP contribution < -0.4 is 0 Å². The van der Waals surface area contributed by atoms with E-state index < -0.39 is 77.2 Å². The summed E-state index contributed by atoms with van der Waals surface area (Å²) in [4.78, 5) is 46.9. The van der Waals surface area contributed by atoms with Crippen molar-refractivity contribution in [3.8, 4) is 0 Å². The van der Waals surface area contributed by atoms with Crippen molar-refractivity contribution in [2.45, 2.75) is 36.2 Å². The van der Waals surface area contributed by atoms with Crippen LogP contribution in [0.4, 0.5) is 0 Å². The number of rotatable bonds is 2. The van der Waals surface area contributed by atoms with Crippen LogP contribution in [0.1, 0.15) is 26.7 Å². The Kier molecular flexibility index (Phi) is 8.13. The van der Waals surface area contributed by atoms with Crippen molar-refractivity contribution in [1.82, 2.24) is 0 Å². The summed E-state index contributed by atoms with van der Waals surface area (Å²) in [6.45, 7) is 1.81. The number of ether oxygens (including phenoxy) is 4. The topological polar surface area (TPSA) is 220 Å². The summed E-state index contributed by atoms with van der Waals surface area (Å²) in [6, 6.07) is 0. The number of carbonyl (C=O) groups is 4. The van der Waals surface area contributed by atoms with Crippen molar-refractivity contribution in [1.29, 1.82) is 0 Å². The Morgan fingerprint density at radius 3 is 1.14 bits per heavy atom. The van der Waals surface area contributed by atoms with Gasteiger partial charge in [-0.1, -0.05) is 0 Å². The summed E-state index contributed by atoms with van der Waals surface area (Å²) in [5, 5.41) is 0. The standard InChI is InChI=1S/2C9H8O7S.Ca/c2*1-9(17(12,13)14)4-5(10)6-7(8(9)11)16-3-2-15-6;/h2*2-3H,4H2,1H3,(H,12,13,14);/q;;+2/p-2. The average Bonchev–Trinajstić information content (AvgIpc) is 2.75. The summed E-state index contributed by atoms with van der Waals surface area (Å²) >= 11 is 0. The molecule has 4 aliphatic rings. The van der Waals surface area contributed by atoms with Gasteiger partial charge >= 0.3 is 37.7 Å². The number of allylic oxidation sites excluding steroid dienone is 4. The van der Waals surface area contributed by atoms with Crippen LogP contribution in [0.25, 0.3) is 0 Å². The second kappa shape index (κ2) is 9.76. The number of ketones is 4. The van der Waals surface area contributed by atoms with E-state index in [-0.39, 0.29) is 49.3 Å². The summed E-state index contributed by atoms with van der Waals surface area (Å²) in [5.41, 5.74) is 0. The van der Waals surface area contributed by atoms with E-state index in [9.17, 15) is 45.1 Å². The molecule has 0 aromatic rings. The molecule has 2 unspecified atom stereocenters. The minimum Gasteiger partial charge on any atom is -0.747 e. The molecule has 2 heterocycles. The molecular formula is C18H14CaO14S2. The van der Waals surface area contributed by atoms with Crippen LogP contribution in [0, 0.1) is 0 Å². The van der Waals surface area contributed by atoms with Gasteiger partial charge in [-0.05, 0) is 13.8 Å². The SMILES string of the molecule is CC1(S(=O)(=O)[O-])CC(=O)C2=C(OC=CO2)C1=O.CC1(S(=O)(=O)[O-])CC(=O)C2=C(OC=CO2)C1=O.[Ca+2]. The van der Waals surface area contributed by atoms with Gasteiger partial charge in [0, 0.05) is 12.8 Å². The number of hydrogen-bond acceptors (Lipinski definition) is 14. The first-order valence-corrected chi connectivity index (χ1v) is 11.9. The normalized spacial score (nSPS) is 27.8. The molecule has 0 saturated heterocycles. The Morgan fingerprint density at radius 2 is 0.886 bits per heavy atom. The number of carbonyl (C=O) groups excluding carboxylic acids is 4. The minimum atomic E-state index is -4.97. The zero-order chi connectivity index (χ0) is 25.7.